The quantitative estimate of drug-likeness (QED) is 0.0792. The van der Waals surface area contributed by atoms with Crippen molar-refractivity contribution in [2.24, 2.45) is 0 Å². The van der Waals surface area contributed by atoms with Crippen LogP contribution >= 0.6 is 0 Å². The molecule has 0 atom stereocenters. The van der Waals surface area contributed by atoms with Crippen LogP contribution in [0.5, 0.6) is 17.4 Å². The van der Waals surface area contributed by atoms with E-state index in [-0.39, 0.29) is 53.7 Å². The Balaban J connectivity index is 0.747. The third kappa shape index (κ3) is 10.4. The monoisotopic (exact) mass is 1030 g/mol. The molecule has 7 aromatic rings. The summed E-state index contributed by atoms with van der Waals surface area (Å²) >= 11 is 0. The van der Waals surface area contributed by atoms with E-state index in [1.54, 1.807) is 24.1 Å². The van der Waals surface area contributed by atoms with E-state index >= 15 is 0 Å². The molecule has 394 valence electrons. The number of benzene rings is 5. The van der Waals surface area contributed by atoms with Gasteiger partial charge in [-0.2, -0.15) is 4.98 Å². The highest BCUT2D eigenvalue weighted by atomic mass is 16.5. The minimum atomic E-state index is -0.212. The minimum Gasteiger partial charge on any atom is -0.472 e. The molecular weight excluding hydrogens is 965 g/mol. The first-order valence-corrected chi connectivity index (χ1v) is 26.4. The number of likely N-dealkylation sites (N-methyl/N-ethyl adjacent to an activating group) is 2. The van der Waals surface area contributed by atoms with Crippen molar-refractivity contribution in [2.45, 2.75) is 99.0 Å². The molecule has 10 rings (SSSR count). The molecule has 2 aromatic heterocycles. The summed E-state index contributed by atoms with van der Waals surface area (Å²) in [7, 11) is 1.77. The molecule has 5 heterocycles. The molecule has 0 bridgehead atoms. The third-order valence-corrected chi connectivity index (χ3v) is 15.0. The summed E-state index contributed by atoms with van der Waals surface area (Å²) in [4.78, 5) is 60.3. The van der Waals surface area contributed by atoms with Gasteiger partial charge >= 0.3 is 0 Å². The van der Waals surface area contributed by atoms with Gasteiger partial charge in [-0.05, 0) is 130 Å². The number of nitrogen functional groups attached to an aromatic ring is 1. The fraction of sp³-hybridized carbons (Fsp3) is 0.306. The number of hydrogen-bond donors (Lipinski definition) is 3. The standard InChI is InChI=1S/C62H66N10O5/c1-10-71-49-29-51-47(27-45(49)37(3)31-61(71,5)6)54(48-28-46-38(4)32-62(7,8)72(11-2)50(46)30-52(48)77-51)42-22-24-44(25-23-42)59(75)70(9)26-12-13-53(73)64-33-40-18-20-43(21-19-40)57(74)65-34-39-14-16-41(17-15-39)35-76-58-55-56(67-36-66-55)68-60(63)69-58/h14-25,27-32,36,63H,10-13,26,33-35H2,1-9H3,(H3,64,65,73,74,75). The number of nitrogens with two attached hydrogens (primary N) is 1. The number of allylic oxidation sites excluding steroid dienone is 2. The highest BCUT2D eigenvalue weighted by Gasteiger charge is 2.36. The first-order chi connectivity index (χ1) is 36.9. The minimum absolute atomic E-state index is 0.0603. The van der Waals surface area contributed by atoms with Crippen molar-refractivity contribution in [3.63, 3.8) is 0 Å². The molecule has 5 aromatic carbocycles. The summed E-state index contributed by atoms with van der Waals surface area (Å²) in [6.45, 7) is 20.8. The fourth-order valence-corrected chi connectivity index (χ4v) is 11.2. The van der Waals surface area contributed by atoms with Gasteiger partial charge < -0.3 is 50.6 Å². The van der Waals surface area contributed by atoms with Gasteiger partial charge in [0, 0.05) is 110 Å². The highest BCUT2D eigenvalue weighted by Crippen LogP contribution is 2.46. The molecule has 3 aliphatic rings. The molecule has 4 N–H and O–H groups in total. The number of anilines is 2. The van der Waals surface area contributed by atoms with Crippen molar-refractivity contribution in [3.8, 4) is 17.4 Å². The number of imidazole rings is 1. The highest BCUT2D eigenvalue weighted by molar-refractivity contribution is 5.96. The Labute approximate surface area is 449 Å². The molecule has 3 amide bonds. The Morgan fingerprint density at radius 1 is 0.792 bits per heavy atom. The molecule has 0 saturated heterocycles. The van der Waals surface area contributed by atoms with Crippen LogP contribution in [0.4, 0.5) is 11.6 Å². The van der Waals surface area contributed by atoms with Crippen LogP contribution in [0.2, 0.25) is 0 Å². The fourth-order valence-electron chi connectivity index (χ4n) is 11.2. The van der Waals surface area contributed by atoms with Crippen LogP contribution < -0.4 is 50.9 Å². The van der Waals surface area contributed by atoms with E-state index in [0.29, 0.717) is 48.3 Å². The molecule has 77 heavy (non-hydrogen) atoms. The summed E-state index contributed by atoms with van der Waals surface area (Å²) in [5, 5.41) is 8.11. The molecular formula is C62H66N10O5. The number of aromatic nitrogens is 4. The number of nitrogens with one attached hydrogen (secondary N) is 2. The number of fused-ring (bicyclic) bond motifs is 5. The van der Waals surface area contributed by atoms with E-state index in [0.717, 1.165) is 74.2 Å². The average molecular weight is 1030 g/mol. The van der Waals surface area contributed by atoms with Gasteiger partial charge in [0.2, 0.25) is 17.1 Å². The SMILES string of the molecule is CCN1c2cc3c(cc2C(C)=CC1(C)C)C(c1ccc(C(=O)N(C)CCCC(=O)NCc2ccc(C(=O)NCc4ccc(COc5nc(N)nc6[n-]cnc56)cc4)cc2)cc1)=c1cc2c(cc1O3)=[N+](CC)C(C)(C)C=C2C. The van der Waals surface area contributed by atoms with Gasteiger partial charge in [-0.15, -0.1) is 0 Å². The van der Waals surface area contributed by atoms with Gasteiger partial charge in [0.15, 0.2) is 11.5 Å². The van der Waals surface area contributed by atoms with Gasteiger partial charge in [-0.25, -0.2) is 4.58 Å². The van der Waals surface area contributed by atoms with Crippen LogP contribution in [0.25, 0.3) is 27.9 Å². The van der Waals surface area contributed by atoms with E-state index in [1.165, 1.54) is 28.6 Å². The van der Waals surface area contributed by atoms with Gasteiger partial charge in [0.1, 0.15) is 24.7 Å². The molecule has 0 aliphatic carbocycles. The Kier molecular flexibility index (Phi) is 14.0. The summed E-state index contributed by atoms with van der Waals surface area (Å²) in [5.74, 6) is 1.51. The Morgan fingerprint density at radius 3 is 2.18 bits per heavy atom. The molecule has 0 saturated carbocycles. The molecule has 0 fully saturated rings. The van der Waals surface area contributed by atoms with Crippen LogP contribution in [0.15, 0.2) is 116 Å². The lowest BCUT2D eigenvalue weighted by Gasteiger charge is -2.43. The van der Waals surface area contributed by atoms with Crippen LogP contribution in [-0.2, 0) is 24.5 Å². The second-order valence-electron chi connectivity index (χ2n) is 21.3. The maximum Gasteiger partial charge on any atom is 0.253 e. The zero-order chi connectivity index (χ0) is 54.3. The zero-order valence-corrected chi connectivity index (χ0v) is 45.4. The predicted molar refractivity (Wildman–Crippen MR) is 302 cm³/mol. The third-order valence-electron chi connectivity index (χ3n) is 15.0. The molecule has 3 aliphatic heterocycles. The van der Waals surface area contributed by atoms with Gasteiger partial charge in [-0.3, -0.25) is 14.4 Å². The second-order valence-corrected chi connectivity index (χ2v) is 21.3. The summed E-state index contributed by atoms with van der Waals surface area (Å²) < 4.78 is 15.3. The van der Waals surface area contributed by atoms with Crippen molar-refractivity contribution in [3.05, 3.63) is 176 Å². The lowest BCUT2D eigenvalue weighted by atomic mass is 9.84. The van der Waals surface area contributed by atoms with Gasteiger partial charge in [0.25, 0.3) is 11.8 Å². The van der Waals surface area contributed by atoms with Crippen LogP contribution in [0, 0.1) is 0 Å². The lowest BCUT2D eigenvalue weighted by molar-refractivity contribution is -0.121. The summed E-state index contributed by atoms with van der Waals surface area (Å²) in [6.07, 6.45) is 6.84. The van der Waals surface area contributed by atoms with Gasteiger partial charge in [-0.1, -0.05) is 54.6 Å². The number of carbonyl (C=O) groups is 3. The lowest BCUT2D eigenvalue weighted by Crippen LogP contribution is -2.49. The number of nitrogens with zero attached hydrogens (tertiary/aromatic N) is 7. The number of ether oxygens (including phenoxy) is 2. The Bertz CT molecular complexity index is 3670. The topological polar surface area (TPSA) is 182 Å². The van der Waals surface area contributed by atoms with E-state index in [1.807, 2.05) is 60.7 Å². The average Bonchev–Trinajstić information content (AvgIpc) is 3.92. The first kappa shape index (κ1) is 51.9. The van der Waals surface area contributed by atoms with Crippen molar-refractivity contribution >= 4 is 57.2 Å². The molecule has 15 heteroatoms. The second kappa shape index (κ2) is 20.9. The van der Waals surface area contributed by atoms with Crippen LogP contribution in [0.3, 0.4) is 0 Å². The largest absolute Gasteiger partial charge is 0.472 e. The zero-order valence-electron chi connectivity index (χ0n) is 45.4. The smallest absolute Gasteiger partial charge is 0.253 e. The van der Waals surface area contributed by atoms with Crippen molar-refractivity contribution < 1.29 is 23.9 Å². The Morgan fingerprint density at radius 2 is 1.47 bits per heavy atom. The number of rotatable bonds is 16. The van der Waals surface area contributed by atoms with Crippen LogP contribution in [0.1, 0.15) is 128 Å². The van der Waals surface area contributed by atoms with E-state index in [4.69, 9.17) is 15.2 Å². The summed E-state index contributed by atoms with van der Waals surface area (Å²) in [6, 6.07) is 31.8. The van der Waals surface area contributed by atoms with E-state index in [9.17, 15) is 14.4 Å². The Hall–Kier alpha value is -8.59. The van der Waals surface area contributed by atoms with Crippen molar-refractivity contribution in [2.75, 3.05) is 37.3 Å². The summed E-state index contributed by atoms with van der Waals surface area (Å²) in [5.41, 5.74) is 19.1. The number of amides is 3. The van der Waals surface area contributed by atoms with Gasteiger partial charge in [0.05, 0.1) is 17.1 Å². The van der Waals surface area contributed by atoms with E-state index < -0.39 is 0 Å². The maximum absolute atomic E-state index is 13.9. The molecule has 15 nitrogen and oxygen atoms in total. The predicted octanol–water partition coefficient (Wildman–Crippen LogP) is 8.32. The first-order valence-electron chi connectivity index (χ1n) is 26.4. The normalized spacial score (nSPS) is 14.8. The molecule has 0 radical (unpaired) electrons. The van der Waals surface area contributed by atoms with Crippen molar-refractivity contribution in [1.29, 1.82) is 0 Å². The molecule has 0 spiro atoms. The molecule has 0 unspecified atom stereocenters. The number of carbonyl (C=O) groups excluding carboxylic acids is 3. The van der Waals surface area contributed by atoms with Crippen molar-refractivity contribution in [1.82, 2.24) is 40.0 Å². The maximum atomic E-state index is 13.9. The van der Waals surface area contributed by atoms with E-state index in [2.05, 4.69) is 132 Å². The number of hydrogen-bond acceptors (Lipinski definition) is 10. The van der Waals surface area contributed by atoms with Crippen LogP contribution in [-0.4, -0.2) is 75.3 Å².